The van der Waals surface area contributed by atoms with Crippen LogP contribution >= 0.6 is 0 Å². The van der Waals surface area contributed by atoms with Crippen LogP contribution in [0.15, 0.2) is 109 Å². The van der Waals surface area contributed by atoms with E-state index in [2.05, 4.69) is 306 Å². The van der Waals surface area contributed by atoms with Crippen LogP contribution < -0.4 is 0 Å². The van der Waals surface area contributed by atoms with Gasteiger partial charge in [0.15, 0.2) is 0 Å². The summed E-state index contributed by atoms with van der Waals surface area (Å²) in [5, 5.41) is 0. The van der Waals surface area contributed by atoms with Gasteiger partial charge in [-0.1, -0.05) is 309 Å². The van der Waals surface area contributed by atoms with Crippen molar-refractivity contribution < 1.29 is 0 Å². The van der Waals surface area contributed by atoms with Gasteiger partial charge in [-0.3, -0.25) is 0 Å². The monoisotopic (exact) mass is 1170 g/mol. The first kappa shape index (κ1) is 79.3. The number of aryl methyl sites for hydroxylation is 9. The zero-order chi connectivity index (χ0) is 66.0. The van der Waals surface area contributed by atoms with Crippen molar-refractivity contribution in [3.05, 3.63) is 209 Å². The van der Waals surface area contributed by atoms with Crippen LogP contribution in [0.25, 0.3) is 0 Å². The molecule has 2 fully saturated rings. The zero-order valence-corrected chi connectivity index (χ0v) is 62.3. The van der Waals surface area contributed by atoms with Crippen molar-refractivity contribution in [1.82, 2.24) is 0 Å². The molecule has 0 spiro atoms. The minimum absolute atomic E-state index is 0.241. The fourth-order valence-electron chi connectivity index (χ4n) is 11.4. The second kappa shape index (κ2) is 38.0. The Labute approximate surface area is 536 Å². The average Bonchev–Trinajstić information content (AvgIpc) is 1.51. The molecule has 0 heteroatoms. The number of benzene rings is 6. The molecule has 2 saturated carbocycles. The van der Waals surface area contributed by atoms with E-state index in [1.807, 2.05) is 18.2 Å². The van der Waals surface area contributed by atoms with Crippen molar-refractivity contribution in [2.75, 3.05) is 0 Å². The third-order valence-corrected chi connectivity index (χ3v) is 18.1. The van der Waals surface area contributed by atoms with Gasteiger partial charge in [-0.05, 0) is 230 Å². The van der Waals surface area contributed by atoms with Crippen molar-refractivity contribution >= 4 is 0 Å². The van der Waals surface area contributed by atoms with Crippen molar-refractivity contribution in [1.29, 1.82) is 0 Å². The molecule has 0 nitrogen and oxygen atoms in total. The molecular formula is C86H136. The molecule has 6 aromatic rings. The Balaban J connectivity index is 0.000000499. The third kappa shape index (κ3) is 30.5. The molecule has 0 atom stereocenters. The van der Waals surface area contributed by atoms with Crippen LogP contribution in [0.4, 0.5) is 0 Å². The van der Waals surface area contributed by atoms with Gasteiger partial charge in [-0.15, -0.1) is 0 Å². The lowest BCUT2D eigenvalue weighted by molar-refractivity contribution is 0.201. The quantitative estimate of drug-likeness (QED) is 0.161. The van der Waals surface area contributed by atoms with E-state index in [9.17, 15) is 0 Å². The Hall–Kier alpha value is -4.68. The summed E-state index contributed by atoms with van der Waals surface area (Å²) in [7, 11) is 0. The molecule has 0 saturated heterocycles. The minimum Gasteiger partial charge on any atom is -0.0625 e. The Kier molecular flexibility index (Phi) is 35.1. The summed E-state index contributed by atoms with van der Waals surface area (Å²) in [6.45, 7) is 69.6. The standard InChI is InChI=1S/C16H26.C15H24.C13H20.C10H14.C9H18.C9H12.C7H14.C7H8/c1-10(2)14-8-15(11(3)4)13(7)16(9-14)12(5)6;1-11-8-9-12(14(2,3)4)10-13(11)15(5,6)7;1-9(2)12-7-6-11(5)13(8-12)10(3)4;1-7-5-8(2)10(4)9(3)6-7;1-8-4-6-9(2,3)7-5-8;1-7-4-5-8(2)9(3)6-7;2*1-7-5-3-2-4-6-7/h8-12H,1-7H3;8-10H,1-7H3;6-10H,1-5H3;5-6H,1-4H3;8H,4-7H2,1-3H3;4-6H,1-3H3;7H,2-6H2,1H3;2-6H,1H3. The van der Waals surface area contributed by atoms with Crippen LogP contribution in [0, 0.1) is 93.4 Å². The molecule has 0 unspecified atom stereocenters. The van der Waals surface area contributed by atoms with Crippen LogP contribution in [-0.4, -0.2) is 0 Å². The molecule has 0 N–H and O–H groups in total. The van der Waals surface area contributed by atoms with E-state index in [1.165, 1.54) is 158 Å². The lowest BCUT2D eigenvalue weighted by Crippen LogP contribution is -2.19. The molecule has 0 aliphatic heterocycles. The summed E-state index contributed by atoms with van der Waals surface area (Å²) in [6, 6.07) is 39.7. The van der Waals surface area contributed by atoms with Gasteiger partial charge in [-0.25, -0.2) is 0 Å². The van der Waals surface area contributed by atoms with Gasteiger partial charge in [-0.2, -0.15) is 0 Å². The average molecular weight is 1170 g/mol. The first-order chi connectivity index (χ1) is 39.7. The smallest absolute Gasteiger partial charge is 0.0129 e. The van der Waals surface area contributed by atoms with Crippen molar-refractivity contribution in [3.8, 4) is 0 Å². The first-order valence-corrected chi connectivity index (χ1v) is 34.1. The fourth-order valence-corrected chi connectivity index (χ4v) is 11.4. The predicted molar refractivity (Wildman–Crippen MR) is 392 cm³/mol. The van der Waals surface area contributed by atoms with Gasteiger partial charge in [0.2, 0.25) is 0 Å². The van der Waals surface area contributed by atoms with E-state index in [0.29, 0.717) is 35.0 Å². The predicted octanol–water partition coefficient (Wildman–Crippen LogP) is 27.5. The van der Waals surface area contributed by atoms with Crippen LogP contribution in [0.1, 0.15) is 326 Å². The highest BCUT2D eigenvalue weighted by Gasteiger charge is 2.24. The molecular weight excluding hydrogens is 1030 g/mol. The Bertz CT molecular complexity index is 2770. The number of hydrogen-bond acceptors (Lipinski definition) is 0. The van der Waals surface area contributed by atoms with Crippen LogP contribution in [0.2, 0.25) is 0 Å². The van der Waals surface area contributed by atoms with E-state index in [0.717, 1.165) is 11.8 Å². The summed E-state index contributed by atoms with van der Waals surface area (Å²) in [6.07, 6.45) is 13.2. The van der Waals surface area contributed by atoms with E-state index < -0.39 is 0 Å². The Morgan fingerprint density at radius 3 is 1.14 bits per heavy atom. The van der Waals surface area contributed by atoms with E-state index >= 15 is 0 Å². The topological polar surface area (TPSA) is 0 Å². The summed E-state index contributed by atoms with van der Waals surface area (Å²) < 4.78 is 0. The van der Waals surface area contributed by atoms with Crippen LogP contribution in [0.3, 0.4) is 0 Å². The van der Waals surface area contributed by atoms with Gasteiger partial charge in [0, 0.05) is 0 Å². The van der Waals surface area contributed by atoms with Gasteiger partial charge in [0.05, 0.1) is 0 Å². The van der Waals surface area contributed by atoms with E-state index in [4.69, 9.17) is 0 Å². The fraction of sp³-hybridized carbons (Fsp3) is 0.581. The normalized spacial score (nSPS) is 14.1. The maximum absolute atomic E-state index is 2.40. The zero-order valence-electron chi connectivity index (χ0n) is 62.3. The molecule has 2 aliphatic rings. The summed E-state index contributed by atoms with van der Waals surface area (Å²) in [4.78, 5) is 0. The molecule has 480 valence electrons. The molecule has 86 heavy (non-hydrogen) atoms. The molecule has 2 aliphatic carbocycles. The molecule has 0 aromatic heterocycles. The second-order valence-electron chi connectivity index (χ2n) is 31.1. The second-order valence-corrected chi connectivity index (χ2v) is 31.1. The van der Waals surface area contributed by atoms with E-state index in [1.54, 1.807) is 0 Å². The lowest BCUT2D eigenvalue weighted by Gasteiger charge is -2.32. The first-order valence-electron chi connectivity index (χ1n) is 34.1. The van der Waals surface area contributed by atoms with E-state index in [-0.39, 0.29) is 10.8 Å². The molecule has 0 amide bonds. The Morgan fingerprint density at radius 1 is 0.349 bits per heavy atom. The molecule has 0 bridgehead atoms. The highest BCUT2D eigenvalue weighted by molar-refractivity contribution is 5.43. The largest absolute Gasteiger partial charge is 0.0625 e. The van der Waals surface area contributed by atoms with Gasteiger partial charge in [0.1, 0.15) is 0 Å². The number of hydrogen-bond donors (Lipinski definition) is 0. The Morgan fingerprint density at radius 2 is 0.779 bits per heavy atom. The van der Waals surface area contributed by atoms with Gasteiger partial charge >= 0.3 is 0 Å². The highest BCUT2D eigenvalue weighted by atomic mass is 14.3. The SMILES string of the molecule is CC1CCC(C)(C)CC1.CC1CCCCC1.Cc1c(C(C)C)cc(C(C)C)cc1C(C)C.Cc1cc(C)c(C)c(C)c1.Cc1ccc(C(C)(C)C)cc1C(C)(C)C.Cc1ccc(C(C)C)cc1C(C)C.Cc1ccc(C)c(C)c1.Cc1ccccc1. The van der Waals surface area contributed by atoms with Gasteiger partial charge < -0.3 is 0 Å². The van der Waals surface area contributed by atoms with Crippen LogP contribution in [-0.2, 0) is 10.8 Å². The van der Waals surface area contributed by atoms with Gasteiger partial charge in [0.25, 0.3) is 0 Å². The van der Waals surface area contributed by atoms with Crippen molar-refractivity contribution in [2.45, 2.75) is 313 Å². The minimum atomic E-state index is 0.241. The molecule has 6 aromatic carbocycles. The highest BCUT2D eigenvalue weighted by Crippen LogP contribution is 2.38. The molecule has 0 radical (unpaired) electrons. The molecule has 0 heterocycles. The summed E-state index contributed by atoms with van der Waals surface area (Å²) in [5.74, 6) is 5.17. The molecule has 8 rings (SSSR count). The maximum atomic E-state index is 2.40. The summed E-state index contributed by atoms with van der Waals surface area (Å²) >= 11 is 0. The lowest BCUT2D eigenvalue weighted by atomic mass is 9.74. The number of rotatable bonds is 5. The van der Waals surface area contributed by atoms with Crippen molar-refractivity contribution in [2.24, 2.45) is 17.3 Å². The maximum Gasteiger partial charge on any atom is -0.0129 e. The third-order valence-electron chi connectivity index (χ3n) is 18.1. The van der Waals surface area contributed by atoms with Crippen LogP contribution in [0.5, 0.6) is 0 Å². The van der Waals surface area contributed by atoms with Crippen molar-refractivity contribution in [3.63, 3.8) is 0 Å². The summed E-state index contributed by atoms with van der Waals surface area (Å²) in [5.41, 5.74) is 26.8.